The van der Waals surface area contributed by atoms with Gasteiger partial charge in [-0.25, -0.2) is 0 Å². The fraction of sp³-hybridized carbons (Fsp3) is 0.733. The summed E-state index contributed by atoms with van der Waals surface area (Å²) in [7, 11) is 0. The zero-order chi connectivity index (χ0) is 11.8. The van der Waals surface area contributed by atoms with Crippen LogP contribution in [0.4, 0.5) is 0 Å². The molecule has 1 N–H and O–H groups in total. The van der Waals surface area contributed by atoms with Crippen LogP contribution in [0.5, 0.6) is 0 Å². The molecule has 0 aromatic heterocycles. The molecular weight excluding hydrogens is 194 g/mol. The summed E-state index contributed by atoms with van der Waals surface area (Å²) in [6, 6.07) is 0.726. The topological polar surface area (TPSA) is 12.0 Å². The summed E-state index contributed by atoms with van der Waals surface area (Å²) in [6.07, 6.45) is 9.35. The molecular formula is C15H25N. The van der Waals surface area contributed by atoms with Crippen LogP contribution >= 0.6 is 0 Å². The Morgan fingerprint density at radius 3 is 2.25 bits per heavy atom. The molecule has 1 atom stereocenters. The van der Waals surface area contributed by atoms with E-state index in [9.17, 15) is 0 Å². The molecule has 0 aromatic carbocycles. The third-order valence-corrected chi connectivity index (χ3v) is 4.55. The molecule has 0 heterocycles. The lowest BCUT2D eigenvalue weighted by atomic mass is 9.89. The maximum atomic E-state index is 3.87. The lowest BCUT2D eigenvalue weighted by Crippen LogP contribution is -2.47. The highest BCUT2D eigenvalue weighted by Crippen LogP contribution is 2.35. The van der Waals surface area contributed by atoms with Crippen LogP contribution in [0.2, 0.25) is 0 Å². The summed E-state index contributed by atoms with van der Waals surface area (Å²) in [4.78, 5) is 0. The molecule has 2 aliphatic carbocycles. The molecule has 0 bridgehead atoms. The van der Waals surface area contributed by atoms with E-state index in [1.807, 2.05) is 0 Å². The van der Waals surface area contributed by atoms with Crippen molar-refractivity contribution in [1.29, 1.82) is 0 Å². The van der Waals surface area contributed by atoms with Gasteiger partial charge in [0, 0.05) is 6.04 Å². The Hall–Kier alpha value is -0.560. The van der Waals surface area contributed by atoms with E-state index in [1.54, 1.807) is 0 Å². The number of rotatable bonds is 2. The minimum Gasteiger partial charge on any atom is -0.302 e. The summed E-state index contributed by atoms with van der Waals surface area (Å²) in [5.74, 6) is 0. The molecule has 0 amide bonds. The van der Waals surface area contributed by atoms with E-state index in [0.717, 1.165) is 6.04 Å². The third-order valence-electron chi connectivity index (χ3n) is 4.55. The molecule has 0 spiro atoms. The Morgan fingerprint density at radius 2 is 1.75 bits per heavy atom. The van der Waals surface area contributed by atoms with Gasteiger partial charge in [-0.2, -0.15) is 0 Å². The number of allylic oxidation sites excluding steroid dienone is 2. The van der Waals surface area contributed by atoms with Crippen LogP contribution in [0.3, 0.4) is 0 Å². The van der Waals surface area contributed by atoms with E-state index in [0.29, 0.717) is 0 Å². The van der Waals surface area contributed by atoms with Crippen molar-refractivity contribution in [2.24, 2.45) is 0 Å². The summed E-state index contributed by atoms with van der Waals surface area (Å²) in [6.45, 7) is 9.08. The zero-order valence-corrected chi connectivity index (χ0v) is 11.2. The molecule has 0 aromatic rings. The van der Waals surface area contributed by atoms with Crippen molar-refractivity contribution in [2.75, 3.05) is 0 Å². The molecule has 90 valence electrons. The second-order valence-corrected chi connectivity index (χ2v) is 5.76. The van der Waals surface area contributed by atoms with Gasteiger partial charge in [0.05, 0.1) is 5.54 Å². The Balaban J connectivity index is 2.09. The minimum atomic E-state index is 0.121. The minimum absolute atomic E-state index is 0.121. The van der Waals surface area contributed by atoms with E-state index >= 15 is 0 Å². The highest BCUT2D eigenvalue weighted by molar-refractivity contribution is 5.48. The van der Waals surface area contributed by atoms with Gasteiger partial charge < -0.3 is 5.32 Å². The Kier molecular flexibility index (Phi) is 3.25. The van der Waals surface area contributed by atoms with Gasteiger partial charge in [-0.05, 0) is 51.7 Å². The number of hydrogen-bond donors (Lipinski definition) is 1. The predicted molar refractivity (Wildman–Crippen MR) is 70.5 cm³/mol. The first-order valence-electron chi connectivity index (χ1n) is 6.68. The smallest absolute Gasteiger partial charge is 0.0561 e. The summed E-state index contributed by atoms with van der Waals surface area (Å²) < 4.78 is 0. The second-order valence-electron chi connectivity index (χ2n) is 5.76. The largest absolute Gasteiger partial charge is 0.302 e. The van der Waals surface area contributed by atoms with Gasteiger partial charge in [-0.1, -0.05) is 30.9 Å². The quantitative estimate of drug-likeness (QED) is 0.741. The van der Waals surface area contributed by atoms with Gasteiger partial charge in [0.2, 0.25) is 0 Å². The highest BCUT2D eigenvalue weighted by atomic mass is 15.0. The van der Waals surface area contributed by atoms with Gasteiger partial charge in [-0.15, -0.1) is 0 Å². The second kappa shape index (κ2) is 4.37. The summed E-state index contributed by atoms with van der Waals surface area (Å²) in [5, 5.41) is 3.87. The first kappa shape index (κ1) is 11.9. The van der Waals surface area contributed by atoms with Crippen LogP contribution in [-0.4, -0.2) is 11.6 Å². The van der Waals surface area contributed by atoms with Gasteiger partial charge in [0.1, 0.15) is 0 Å². The van der Waals surface area contributed by atoms with Crippen molar-refractivity contribution >= 4 is 0 Å². The summed E-state index contributed by atoms with van der Waals surface area (Å²) in [5.41, 5.74) is 4.56. The molecule has 0 aliphatic heterocycles. The lowest BCUT2D eigenvalue weighted by Gasteiger charge is -2.34. The van der Waals surface area contributed by atoms with Gasteiger partial charge in [0.25, 0.3) is 0 Å². The predicted octanol–water partition coefficient (Wildman–Crippen LogP) is 3.96. The number of nitrogens with one attached hydrogen (secondary N) is 1. The van der Waals surface area contributed by atoms with Gasteiger partial charge in [0.15, 0.2) is 0 Å². The lowest BCUT2D eigenvalue weighted by molar-refractivity contribution is 0.326. The molecule has 1 saturated carbocycles. The molecule has 1 nitrogen and oxygen atoms in total. The molecule has 0 radical (unpaired) electrons. The van der Waals surface area contributed by atoms with E-state index in [2.05, 4.69) is 39.1 Å². The molecule has 0 saturated heterocycles. The van der Waals surface area contributed by atoms with Crippen LogP contribution in [0.25, 0.3) is 0 Å². The molecule has 16 heavy (non-hydrogen) atoms. The highest BCUT2D eigenvalue weighted by Gasteiger charge is 2.32. The normalized spacial score (nSPS) is 32.1. The van der Waals surface area contributed by atoms with E-state index in [-0.39, 0.29) is 5.54 Å². The van der Waals surface area contributed by atoms with Crippen molar-refractivity contribution in [1.82, 2.24) is 5.32 Å². The third kappa shape index (κ3) is 2.10. The van der Waals surface area contributed by atoms with Crippen LogP contribution in [-0.2, 0) is 0 Å². The van der Waals surface area contributed by atoms with Crippen molar-refractivity contribution in [3.05, 3.63) is 22.8 Å². The Labute approximate surface area is 100 Å². The van der Waals surface area contributed by atoms with E-state index in [4.69, 9.17) is 0 Å². The maximum Gasteiger partial charge on any atom is 0.0561 e. The fourth-order valence-electron chi connectivity index (χ4n) is 3.16. The van der Waals surface area contributed by atoms with Crippen LogP contribution in [0.15, 0.2) is 22.8 Å². The first-order valence-corrected chi connectivity index (χ1v) is 6.68. The standard InChI is InChI=1S/C15H25N/c1-11-10-15(4,13(3)12(11)2)16-14-8-6-5-7-9-14/h10,14,16H,5-9H2,1-4H3. The van der Waals surface area contributed by atoms with Crippen molar-refractivity contribution < 1.29 is 0 Å². The molecule has 1 heteroatoms. The Morgan fingerprint density at radius 1 is 1.12 bits per heavy atom. The van der Waals surface area contributed by atoms with Gasteiger partial charge >= 0.3 is 0 Å². The van der Waals surface area contributed by atoms with Crippen LogP contribution in [0.1, 0.15) is 59.8 Å². The average Bonchev–Trinajstić information content (AvgIpc) is 2.44. The van der Waals surface area contributed by atoms with Crippen molar-refractivity contribution in [3.8, 4) is 0 Å². The van der Waals surface area contributed by atoms with Crippen LogP contribution < -0.4 is 5.32 Å². The molecule has 1 unspecified atom stereocenters. The van der Waals surface area contributed by atoms with Crippen molar-refractivity contribution in [3.63, 3.8) is 0 Å². The Bertz CT molecular complexity index is 331. The SMILES string of the molecule is CC1=CC(C)(NC2CCCCC2)C(C)=C1C. The van der Waals surface area contributed by atoms with Gasteiger partial charge in [-0.3, -0.25) is 0 Å². The molecule has 2 aliphatic rings. The monoisotopic (exact) mass is 219 g/mol. The van der Waals surface area contributed by atoms with Crippen LogP contribution in [0, 0.1) is 0 Å². The summed E-state index contributed by atoms with van der Waals surface area (Å²) >= 11 is 0. The van der Waals surface area contributed by atoms with E-state index < -0.39 is 0 Å². The maximum absolute atomic E-state index is 3.87. The fourth-order valence-corrected chi connectivity index (χ4v) is 3.16. The van der Waals surface area contributed by atoms with Crippen molar-refractivity contribution in [2.45, 2.75) is 71.4 Å². The zero-order valence-electron chi connectivity index (χ0n) is 11.2. The molecule has 1 fully saturated rings. The molecule has 2 rings (SSSR count). The first-order chi connectivity index (χ1) is 7.53. The average molecular weight is 219 g/mol. The van der Waals surface area contributed by atoms with E-state index in [1.165, 1.54) is 48.8 Å². The number of hydrogen-bond acceptors (Lipinski definition) is 1.